The third kappa shape index (κ3) is 3.45. The van der Waals surface area contributed by atoms with Crippen molar-refractivity contribution in [1.82, 2.24) is 9.80 Å². The molecule has 146 valence electrons. The molecule has 2 heterocycles. The first-order valence-corrected chi connectivity index (χ1v) is 9.10. The van der Waals surface area contributed by atoms with Gasteiger partial charge in [0.25, 0.3) is 28.6 Å². The number of imide groups is 1. The molecule has 1 atom stereocenters. The predicted octanol–water partition coefficient (Wildman–Crippen LogP) is 0.569. The lowest BCUT2D eigenvalue weighted by molar-refractivity contribution is -0.384. The highest BCUT2D eigenvalue weighted by atomic mass is 32.2. The molecule has 0 aliphatic carbocycles. The van der Waals surface area contributed by atoms with Crippen LogP contribution in [0, 0.1) is 10.1 Å². The van der Waals surface area contributed by atoms with E-state index in [0.29, 0.717) is 16.7 Å². The maximum atomic E-state index is 12.3. The smallest absolute Gasteiger partial charge is 0.325 e. The number of likely N-dealkylation sites (N-methyl/N-ethyl adjacent to an activating group) is 2. The number of nitro benzene ring substituents is 1. The van der Waals surface area contributed by atoms with Gasteiger partial charge in [-0.1, -0.05) is 6.07 Å². The molecule has 0 aromatic heterocycles. The van der Waals surface area contributed by atoms with Crippen LogP contribution in [0.4, 0.5) is 16.2 Å². The predicted molar refractivity (Wildman–Crippen MR) is 103 cm³/mol. The number of amidine groups is 2. The van der Waals surface area contributed by atoms with Gasteiger partial charge in [0, 0.05) is 24.9 Å². The summed E-state index contributed by atoms with van der Waals surface area (Å²) in [5.74, 6) is -0.390. The van der Waals surface area contributed by atoms with Gasteiger partial charge in [-0.15, -0.1) is 4.99 Å². The van der Waals surface area contributed by atoms with Crippen LogP contribution in [0.3, 0.4) is 0 Å². The minimum absolute atomic E-state index is 0.0203. The number of urea groups is 1. The molecule has 2 aliphatic rings. The number of hydrogen-bond acceptors (Lipinski definition) is 7. The van der Waals surface area contributed by atoms with Gasteiger partial charge in [-0.05, 0) is 17.8 Å². The SMILES string of the molecule is CN1C(=O)C2N=C(SCC(=O)Nc3cccc([N+](=O)[O-])c3)[N+](C)=C2N(C)C1=O. The van der Waals surface area contributed by atoms with E-state index < -0.39 is 22.9 Å². The number of fused-ring (bicyclic) bond motifs is 1. The molecule has 28 heavy (non-hydrogen) atoms. The number of non-ortho nitro benzene ring substituents is 1. The van der Waals surface area contributed by atoms with Crippen molar-refractivity contribution >= 4 is 52.0 Å². The van der Waals surface area contributed by atoms with Crippen molar-refractivity contribution in [2.24, 2.45) is 4.99 Å². The highest BCUT2D eigenvalue weighted by Crippen LogP contribution is 2.22. The number of nitrogens with one attached hydrogen (secondary N) is 1. The maximum absolute atomic E-state index is 12.3. The second-order valence-electron chi connectivity index (χ2n) is 6.11. The zero-order valence-electron chi connectivity index (χ0n) is 15.3. The second-order valence-corrected chi connectivity index (χ2v) is 7.06. The van der Waals surface area contributed by atoms with Gasteiger partial charge >= 0.3 is 6.03 Å². The Morgan fingerprint density at radius 3 is 2.75 bits per heavy atom. The molecule has 12 heteroatoms. The number of rotatable bonds is 4. The third-order valence-corrected chi connectivity index (χ3v) is 5.31. The van der Waals surface area contributed by atoms with Crippen molar-refractivity contribution in [3.8, 4) is 0 Å². The summed E-state index contributed by atoms with van der Waals surface area (Å²) in [6.45, 7) is 0. The van der Waals surface area contributed by atoms with E-state index in [1.165, 1.54) is 30.1 Å². The summed E-state index contributed by atoms with van der Waals surface area (Å²) >= 11 is 1.10. The average molecular weight is 405 g/mol. The zero-order chi connectivity index (χ0) is 20.6. The number of nitrogens with zero attached hydrogens (tertiary/aromatic N) is 5. The van der Waals surface area contributed by atoms with Crippen molar-refractivity contribution in [3.05, 3.63) is 34.4 Å². The number of aliphatic imine (C=N–C) groups is 1. The molecule has 1 N–H and O–H groups in total. The number of carbonyl (C=O) groups is 3. The van der Waals surface area contributed by atoms with Crippen molar-refractivity contribution in [3.63, 3.8) is 0 Å². The highest BCUT2D eigenvalue weighted by Gasteiger charge is 2.51. The number of carbonyl (C=O) groups excluding carboxylic acids is 3. The monoisotopic (exact) mass is 405 g/mol. The third-order valence-electron chi connectivity index (χ3n) is 4.27. The Morgan fingerprint density at radius 1 is 1.36 bits per heavy atom. The van der Waals surface area contributed by atoms with E-state index in [4.69, 9.17) is 0 Å². The maximum Gasteiger partial charge on any atom is 0.388 e. The van der Waals surface area contributed by atoms with Gasteiger partial charge in [0.1, 0.15) is 0 Å². The molecule has 1 fully saturated rings. The molecule has 0 bridgehead atoms. The Bertz CT molecular complexity index is 959. The van der Waals surface area contributed by atoms with Gasteiger partial charge in [-0.25, -0.2) is 14.3 Å². The van der Waals surface area contributed by atoms with Crippen LogP contribution in [0.5, 0.6) is 0 Å². The molecule has 3 rings (SSSR count). The van der Waals surface area contributed by atoms with E-state index in [1.807, 2.05) is 0 Å². The first kappa shape index (κ1) is 19.5. The molecule has 0 saturated carbocycles. The van der Waals surface area contributed by atoms with Gasteiger partial charge in [-0.2, -0.15) is 0 Å². The van der Waals surface area contributed by atoms with E-state index in [1.54, 1.807) is 24.7 Å². The molecule has 11 nitrogen and oxygen atoms in total. The first-order valence-electron chi connectivity index (χ1n) is 8.11. The van der Waals surface area contributed by atoms with E-state index >= 15 is 0 Å². The van der Waals surface area contributed by atoms with Gasteiger partial charge in [-0.3, -0.25) is 24.6 Å². The van der Waals surface area contributed by atoms with E-state index in [2.05, 4.69) is 10.3 Å². The summed E-state index contributed by atoms with van der Waals surface area (Å²) in [5.41, 5.74) is 0.188. The van der Waals surface area contributed by atoms with Gasteiger partial charge in [0.05, 0.1) is 24.8 Å². The van der Waals surface area contributed by atoms with Gasteiger partial charge in [0.2, 0.25) is 5.91 Å². The summed E-state index contributed by atoms with van der Waals surface area (Å²) < 4.78 is 1.61. The van der Waals surface area contributed by atoms with Crippen molar-refractivity contribution < 1.29 is 23.9 Å². The van der Waals surface area contributed by atoms with Crippen LogP contribution in [0.2, 0.25) is 0 Å². The fraction of sp³-hybridized carbons (Fsp3) is 0.312. The number of thioether (sulfide) groups is 1. The fourth-order valence-electron chi connectivity index (χ4n) is 2.87. The number of anilines is 1. The van der Waals surface area contributed by atoms with Crippen LogP contribution >= 0.6 is 11.8 Å². The average Bonchev–Trinajstić information content (AvgIpc) is 3.00. The summed E-state index contributed by atoms with van der Waals surface area (Å²) in [5, 5.41) is 13.8. The number of amides is 4. The Morgan fingerprint density at radius 2 is 2.07 bits per heavy atom. The summed E-state index contributed by atoms with van der Waals surface area (Å²) in [6.07, 6.45) is 0. The molecule has 0 spiro atoms. The van der Waals surface area contributed by atoms with Crippen molar-refractivity contribution in [1.29, 1.82) is 0 Å². The lowest BCUT2D eigenvalue weighted by Gasteiger charge is -2.27. The van der Waals surface area contributed by atoms with Crippen LogP contribution < -0.4 is 5.32 Å². The molecule has 1 unspecified atom stereocenters. The fourth-order valence-corrected chi connectivity index (χ4v) is 3.67. The van der Waals surface area contributed by atoms with Crippen LogP contribution in [0.15, 0.2) is 29.3 Å². The quantitative estimate of drug-likeness (QED) is 0.443. The van der Waals surface area contributed by atoms with Gasteiger partial charge < -0.3 is 5.32 Å². The van der Waals surface area contributed by atoms with Crippen molar-refractivity contribution in [2.75, 3.05) is 32.2 Å². The number of hydrogen-bond donors (Lipinski definition) is 1. The molecule has 2 aliphatic heterocycles. The largest absolute Gasteiger partial charge is 0.388 e. The molecule has 1 aromatic carbocycles. The van der Waals surface area contributed by atoms with Crippen LogP contribution in [-0.4, -0.2) is 81.1 Å². The van der Waals surface area contributed by atoms with E-state index in [0.717, 1.165) is 16.7 Å². The lowest BCUT2D eigenvalue weighted by Crippen LogP contribution is -2.59. The minimum Gasteiger partial charge on any atom is -0.325 e. The summed E-state index contributed by atoms with van der Waals surface area (Å²) in [4.78, 5) is 53.5. The highest BCUT2D eigenvalue weighted by molar-refractivity contribution is 8.14. The van der Waals surface area contributed by atoms with Crippen LogP contribution in [0.1, 0.15) is 0 Å². The summed E-state index contributed by atoms with van der Waals surface area (Å²) in [6, 6.07) is 4.35. The van der Waals surface area contributed by atoms with E-state index in [9.17, 15) is 24.5 Å². The van der Waals surface area contributed by atoms with E-state index in [-0.39, 0.29) is 17.3 Å². The molecule has 4 amide bonds. The topological polar surface area (TPSA) is 128 Å². The lowest BCUT2D eigenvalue weighted by atomic mass is 10.2. The second kappa shape index (κ2) is 7.38. The van der Waals surface area contributed by atoms with Crippen LogP contribution in [0.25, 0.3) is 0 Å². The Labute approximate surface area is 163 Å². The number of nitro groups is 1. The first-order chi connectivity index (χ1) is 13.2. The minimum atomic E-state index is -0.819. The van der Waals surface area contributed by atoms with Crippen molar-refractivity contribution in [2.45, 2.75) is 6.04 Å². The standard InChI is InChI=1S/C16H16N6O5S/c1-19-13-12(14(24)21(3)16(25)20(13)2)18-15(19)28-8-11(23)17-9-5-4-6-10(7-9)22(26)27/h4-7,12H,8H2,1-3H3/p+1. The van der Waals surface area contributed by atoms with Crippen LogP contribution in [-0.2, 0) is 9.59 Å². The molecular weight excluding hydrogens is 388 g/mol. The Hall–Kier alpha value is -3.28. The molecule has 1 saturated heterocycles. The molecular formula is C16H17N6O5S+. The molecule has 1 aromatic rings. The normalized spacial score (nSPS) is 19.0. The number of benzene rings is 1. The summed E-state index contributed by atoms with van der Waals surface area (Å²) in [7, 11) is 4.62. The molecule has 0 radical (unpaired) electrons. The van der Waals surface area contributed by atoms with Gasteiger partial charge in [0.15, 0.2) is 0 Å². The Kier molecular flexibility index (Phi) is 5.14. The Balaban J connectivity index is 1.68. The zero-order valence-corrected chi connectivity index (χ0v) is 16.1.